The summed E-state index contributed by atoms with van der Waals surface area (Å²) in [4.78, 5) is 0. The summed E-state index contributed by atoms with van der Waals surface area (Å²) in [7, 11) is -3.09. The fourth-order valence-corrected chi connectivity index (χ4v) is 3.85. The van der Waals surface area contributed by atoms with Gasteiger partial charge in [-0.3, -0.25) is 0 Å². The van der Waals surface area contributed by atoms with Crippen molar-refractivity contribution >= 4 is 10.0 Å². The molecular formula is C13H29NO2S. The Bertz CT molecular complexity index is 297. The molecule has 3 nitrogen and oxygen atoms in total. The molecule has 0 bridgehead atoms. The van der Waals surface area contributed by atoms with E-state index in [0.29, 0.717) is 12.5 Å². The highest BCUT2D eigenvalue weighted by Crippen LogP contribution is 2.15. The third-order valence-corrected chi connectivity index (χ3v) is 5.42. The Morgan fingerprint density at radius 2 is 1.59 bits per heavy atom. The Labute approximate surface area is 108 Å². The largest absolute Gasteiger partial charge is 0.214 e. The molecule has 0 rings (SSSR count). The van der Waals surface area contributed by atoms with Crippen LogP contribution in [0, 0.1) is 11.8 Å². The van der Waals surface area contributed by atoms with Gasteiger partial charge in [-0.2, -0.15) is 4.31 Å². The van der Waals surface area contributed by atoms with Crippen LogP contribution in [0.15, 0.2) is 0 Å². The van der Waals surface area contributed by atoms with Gasteiger partial charge in [-0.05, 0) is 32.1 Å². The van der Waals surface area contributed by atoms with E-state index in [1.165, 1.54) is 0 Å². The van der Waals surface area contributed by atoms with Crippen molar-refractivity contribution in [2.24, 2.45) is 11.8 Å². The summed E-state index contributed by atoms with van der Waals surface area (Å²) in [5.74, 6) is 1.03. The topological polar surface area (TPSA) is 37.4 Å². The van der Waals surface area contributed by atoms with Crippen LogP contribution in [0.3, 0.4) is 0 Å². The van der Waals surface area contributed by atoms with Crippen LogP contribution in [0.4, 0.5) is 0 Å². The smallest absolute Gasteiger partial charge is 0.212 e. The summed E-state index contributed by atoms with van der Waals surface area (Å²) in [6.07, 6.45) is 2.06. The highest BCUT2D eigenvalue weighted by atomic mass is 32.2. The quantitative estimate of drug-likeness (QED) is 0.675. The number of hydrogen-bond donors (Lipinski definition) is 0. The molecule has 0 amide bonds. The van der Waals surface area contributed by atoms with Crippen LogP contribution in [-0.2, 0) is 10.0 Å². The minimum atomic E-state index is -3.09. The van der Waals surface area contributed by atoms with Gasteiger partial charge in [0.05, 0.1) is 5.75 Å². The van der Waals surface area contributed by atoms with Crippen LogP contribution in [0.25, 0.3) is 0 Å². The number of hydrogen-bond acceptors (Lipinski definition) is 2. The molecule has 0 aliphatic carbocycles. The van der Waals surface area contributed by atoms with E-state index >= 15 is 0 Å². The van der Waals surface area contributed by atoms with Crippen LogP contribution < -0.4 is 0 Å². The standard InChI is InChI=1S/C13H29NO2S/c1-7-13(6)8-9-14(12(4)5)17(15,16)10-11(2)3/h11-13H,7-10H2,1-6H3. The molecule has 0 heterocycles. The molecule has 0 aromatic rings. The SMILES string of the molecule is CCC(C)CCN(C(C)C)S(=O)(=O)CC(C)C. The van der Waals surface area contributed by atoms with E-state index in [4.69, 9.17) is 0 Å². The Morgan fingerprint density at radius 3 is 1.94 bits per heavy atom. The maximum atomic E-state index is 12.2. The van der Waals surface area contributed by atoms with E-state index in [-0.39, 0.29) is 17.7 Å². The molecule has 0 fully saturated rings. The van der Waals surface area contributed by atoms with Gasteiger partial charge in [-0.1, -0.05) is 34.1 Å². The zero-order valence-corrected chi connectivity index (χ0v) is 13.0. The summed E-state index contributed by atoms with van der Waals surface area (Å²) < 4.78 is 26.1. The van der Waals surface area contributed by atoms with E-state index in [1.807, 2.05) is 27.7 Å². The van der Waals surface area contributed by atoms with Gasteiger partial charge in [0.1, 0.15) is 0 Å². The summed E-state index contributed by atoms with van der Waals surface area (Å²) in [5, 5.41) is 0. The Hall–Kier alpha value is -0.0900. The van der Waals surface area contributed by atoms with Crippen LogP contribution in [0.2, 0.25) is 0 Å². The number of rotatable bonds is 8. The highest BCUT2D eigenvalue weighted by Gasteiger charge is 2.25. The van der Waals surface area contributed by atoms with Crippen LogP contribution in [0.5, 0.6) is 0 Å². The van der Waals surface area contributed by atoms with Crippen molar-refractivity contribution in [1.82, 2.24) is 4.31 Å². The lowest BCUT2D eigenvalue weighted by atomic mass is 10.1. The van der Waals surface area contributed by atoms with Crippen molar-refractivity contribution in [1.29, 1.82) is 0 Å². The fraction of sp³-hybridized carbons (Fsp3) is 1.00. The Balaban J connectivity index is 4.63. The number of sulfonamides is 1. The molecule has 17 heavy (non-hydrogen) atoms. The number of nitrogens with zero attached hydrogens (tertiary/aromatic N) is 1. The molecule has 0 aromatic carbocycles. The first kappa shape index (κ1) is 16.9. The van der Waals surface area contributed by atoms with Crippen molar-refractivity contribution in [3.05, 3.63) is 0 Å². The van der Waals surface area contributed by atoms with Gasteiger partial charge >= 0.3 is 0 Å². The predicted octanol–water partition coefficient (Wildman–Crippen LogP) is 3.12. The lowest BCUT2D eigenvalue weighted by molar-refractivity contribution is 0.322. The normalized spacial score (nSPS) is 14.9. The van der Waals surface area contributed by atoms with Crippen molar-refractivity contribution in [2.45, 2.75) is 60.4 Å². The molecular weight excluding hydrogens is 234 g/mol. The average molecular weight is 263 g/mol. The second-order valence-corrected chi connectivity index (χ2v) is 7.65. The molecule has 0 spiro atoms. The van der Waals surface area contributed by atoms with Gasteiger partial charge in [0, 0.05) is 12.6 Å². The highest BCUT2D eigenvalue weighted by molar-refractivity contribution is 7.89. The van der Waals surface area contributed by atoms with Gasteiger partial charge in [-0.25, -0.2) is 8.42 Å². The summed E-state index contributed by atoms with van der Waals surface area (Å²) in [6, 6.07) is 0.0582. The van der Waals surface area contributed by atoms with Crippen LogP contribution >= 0.6 is 0 Å². The van der Waals surface area contributed by atoms with Crippen LogP contribution in [-0.4, -0.2) is 31.1 Å². The molecule has 0 aliphatic rings. The third-order valence-electron chi connectivity index (χ3n) is 3.02. The van der Waals surface area contributed by atoms with Gasteiger partial charge in [0.15, 0.2) is 0 Å². The molecule has 0 N–H and O–H groups in total. The molecule has 0 saturated carbocycles. The molecule has 0 aliphatic heterocycles. The van der Waals surface area contributed by atoms with Crippen molar-refractivity contribution in [3.63, 3.8) is 0 Å². The molecule has 0 aromatic heterocycles. The molecule has 1 atom stereocenters. The summed E-state index contributed by atoms with van der Waals surface area (Å²) >= 11 is 0. The van der Waals surface area contributed by atoms with Crippen molar-refractivity contribution < 1.29 is 8.42 Å². The molecule has 0 saturated heterocycles. The van der Waals surface area contributed by atoms with Crippen LogP contribution in [0.1, 0.15) is 54.4 Å². The monoisotopic (exact) mass is 263 g/mol. The summed E-state index contributed by atoms with van der Waals surface area (Å²) in [6.45, 7) is 12.8. The van der Waals surface area contributed by atoms with Crippen molar-refractivity contribution in [2.75, 3.05) is 12.3 Å². The van der Waals surface area contributed by atoms with Gasteiger partial charge in [0.2, 0.25) is 10.0 Å². The first-order valence-corrected chi connectivity index (χ1v) is 8.31. The summed E-state index contributed by atoms with van der Waals surface area (Å²) in [5.41, 5.74) is 0. The second-order valence-electron chi connectivity index (χ2n) is 5.68. The first-order valence-electron chi connectivity index (χ1n) is 6.70. The Morgan fingerprint density at radius 1 is 1.06 bits per heavy atom. The average Bonchev–Trinajstić information content (AvgIpc) is 2.14. The van der Waals surface area contributed by atoms with Gasteiger partial charge < -0.3 is 0 Å². The van der Waals surface area contributed by atoms with E-state index < -0.39 is 10.0 Å². The van der Waals surface area contributed by atoms with E-state index in [0.717, 1.165) is 12.8 Å². The fourth-order valence-electron chi connectivity index (χ4n) is 1.79. The zero-order chi connectivity index (χ0) is 13.6. The minimum absolute atomic E-state index is 0.0582. The first-order chi connectivity index (χ1) is 7.70. The predicted molar refractivity (Wildman–Crippen MR) is 74.5 cm³/mol. The Kier molecular flexibility index (Phi) is 7.33. The lowest BCUT2D eigenvalue weighted by Crippen LogP contribution is -2.40. The molecule has 0 radical (unpaired) electrons. The lowest BCUT2D eigenvalue weighted by Gasteiger charge is -2.27. The van der Waals surface area contributed by atoms with E-state index in [2.05, 4.69) is 13.8 Å². The zero-order valence-electron chi connectivity index (χ0n) is 12.2. The van der Waals surface area contributed by atoms with Crippen molar-refractivity contribution in [3.8, 4) is 0 Å². The second kappa shape index (κ2) is 7.37. The maximum absolute atomic E-state index is 12.2. The van der Waals surface area contributed by atoms with Gasteiger partial charge in [0.25, 0.3) is 0 Å². The molecule has 1 unspecified atom stereocenters. The maximum Gasteiger partial charge on any atom is 0.214 e. The van der Waals surface area contributed by atoms with Gasteiger partial charge in [-0.15, -0.1) is 0 Å². The van der Waals surface area contributed by atoms with E-state index in [9.17, 15) is 8.42 Å². The third kappa shape index (κ3) is 6.41. The molecule has 4 heteroatoms. The minimum Gasteiger partial charge on any atom is -0.212 e. The molecule has 104 valence electrons. The van der Waals surface area contributed by atoms with E-state index in [1.54, 1.807) is 4.31 Å².